The number of primary amides is 2. The molecule has 3 aromatic carbocycles. The second-order valence-corrected chi connectivity index (χ2v) is 16.6. The summed E-state index contributed by atoms with van der Waals surface area (Å²) < 4.78 is 0. The first-order chi connectivity index (χ1) is 27.3. The van der Waals surface area contributed by atoms with Crippen LogP contribution in [0.5, 0.6) is 0 Å². The Kier molecular flexibility index (Phi) is 8.13. The number of amides is 6. The monoisotopic (exact) mass is 775 g/mol. The van der Waals surface area contributed by atoms with Gasteiger partial charge in [0.25, 0.3) is 0 Å². The van der Waals surface area contributed by atoms with Gasteiger partial charge in [-0.15, -0.1) is 0 Å². The highest BCUT2D eigenvalue weighted by Gasteiger charge is 2.71. The zero-order valence-electron chi connectivity index (χ0n) is 31.2. The molecular weight excluding hydrogens is 731 g/mol. The first kappa shape index (κ1) is 36.5. The Hall–Kier alpha value is -6.12. The van der Waals surface area contributed by atoms with Crippen LogP contribution >= 0.6 is 0 Å². The van der Waals surface area contributed by atoms with Crippen molar-refractivity contribution in [3.63, 3.8) is 0 Å². The molecular formula is C42H45N7O8. The minimum Gasteiger partial charge on any atom is -0.465 e. The predicted molar refractivity (Wildman–Crippen MR) is 204 cm³/mol. The van der Waals surface area contributed by atoms with Gasteiger partial charge in [-0.05, 0) is 98.6 Å². The summed E-state index contributed by atoms with van der Waals surface area (Å²) in [6.07, 6.45) is -2.51. The normalized spacial score (nSPS) is 33.4. The number of benzene rings is 3. The predicted octanol–water partition coefficient (Wildman–Crippen LogP) is 3.10. The summed E-state index contributed by atoms with van der Waals surface area (Å²) in [5.41, 5.74) is 11.5. The lowest BCUT2D eigenvalue weighted by Gasteiger charge is -2.55. The lowest BCUT2D eigenvalue weighted by Crippen LogP contribution is -2.69. The summed E-state index contributed by atoms with van der Waals surface area (Å²) in [4.78, 5) is 88.8. The number of hydrogen-bond donors (Lipinski definition) is 6. The molecule has 4 bridgehead atoms. The lowest BCUT2D eigenvalue weighted by molar-refractivity contribution is -0.152. The van der Waals surface area contributed by atoms with Crippen molar-refractivity contribution >= 4 is 41.5 Å². The van der Waals surface area contributed by atoms with E-state index in [4.69, 9.17) is 11.5 Å². The van der Waals surface area contributed by atoms with E-state index in [0.717, 1.165) is 11.1 Å². The van der Waals surface area contributed by atoms with E-state index in [9.17, 15) is 29.4 Å². The van der Waals surface area contributed by atoms with Crippen LogP contribution < -0.4 is 27.0 Å². The van der Waals surface area contributed by atoms with Crippen molar-refractivity contribution in [1.29, 1.82) is 0 Å². The van der Waals surface area contributed by atoms with Crippen LogP contribution in [0, 0.1) is 10.8 Å². The van der Waals surface area contributed by atoms with Gasteiger partial charge in [0.1, 0.15) is 24.4 Å². The topological polar surface area (TPSA) is 229 Å². The summed E-state index contributed by atoms with van der Waals surface area (Å²) in [7, 11) is 0. The van der Waals surface area contributed by atoms with Gasteiger partial charge in [0, 0.05) is 5.69 Å². The molecule has 6 amide bonds. The standard InChI is InChI=1S/C42H45N7O8/c43-35(52)39-18-14-29(45-37(54)55)33(50)48-31(16-20-41(39,48)26-10-6-24(22-39)7-11-26)47(28-4-2-1-3-5-28)32-17-21-42-27-12-8-25(9-13-27)23-40(42,36(44)53)19-15-30(46-38(56)57)34(51)49(32)42/h1-13,29-32,45-46H,14-23H2,(H2,43,52)(H2,44,53)(H,54,55)(H,56,57)/t29-,30-,31+,32+,39?,40?,41+,42+/m1/s1. The van der Waals surface area contributed by atoms with Crippen LogP contribution in [0.25, 0.3) is 0 Å². The number of hydrogen-bond acceptors (Lipinski definition) is 7. The molecule has 15 nitrogen and oxygen atoms in total. The smallest absolute Gasteiger partial charge is 0.405 e. The quantitative estimate of drug-likeness (QED) is 0.207. The maximum Gasteiger partial charge on any atom is 0.405 e. The molecule has 3 aromatic rings. The third kappa shape index (κ3) is 4.83. The molecule has 2 spiro atoms. The highest BCUT2D eigenvalue weighted by molar-refractivity contribution is 5.93. The van der Waals surface area contributed by atoms with E-state index in [-0.39, 0.29) is 38.5 Å². The molecule has 4 heterocycles. The zero-order valence-corrected chi connectivity index (χ0v) is 31.2. The van der Waals surface area contributed by atoms with E-state index >= 15 is 9.59 Å². The van der Waals surface area contributed by atoms with Gasteiger partial charge >= 0.3 is 12.2 Å². The molecule has 11 rings (SSSR count). The van der Waals surface area contributed by atoms with Gasteiger partial charge in [0.05, 0.1) is 21.9 Å². The van der Waals surface area contributed by atoms with Crippen molar-refractivity contribution < 1.29 is 39.0 Å². The Balaban J connectivity index is 1.28. The Bertz CT molecular complexity index is 2070. The average Bonchev–Trinajstić information content (AvgIpc) is 3.54. The van der Waals surface area contributed by atoms with Gasteiger partial charge in [-0.25, -0.2) is 9.59 Å². The molecule has 0 aromatic heterocycles. The highest BCUT2D eigenvalue weighted by atomic mass is 16.4. The molecule has 296 valence electrons. The van der Waals surface area contributed by atoms with Crippen LogP contribution in [-0.4, -0.2) is 80.2 Å². The first-order valence-corrected chi connectivity index (χ1v) is 19.6. The van der Waals surface area contributed by atoms with Gasteiger partial charge in [-0.2, -0.15) is 0 Å². The lowest BCUT2D eigenvalue weighted by atomic mass is 9.61. The molecule has 8 atom stereocenters. The highest BCUT2D eigenvalue weighted by Crippen LogP contribution is 2.64. The zero-order chi connectivity index (χ0) is 40.1. The molecule has 8 N–H and O–H groups in total. The van der Waals surface area contributed by atoms with Crippen molar-refractivity contribution in [2.75, 3.05) is 4.90 Å². The van der Waals surface area contributed by atoms with Gasteiger partial charge < -0.3 is 47.0 Å². The van der Waals surface area contributed by atoms with Gasteiger partial charge in [-0.3, -0.25) is 19.2 Å². The summed E-state index contributed by atoms with van der Waals surface area (Å²) in [6, 6.07) is 22.3. The number of carbonyl (C=O) groups excluding carboxylic acids is 4. The maximum atomic E-state index is 15.3. The Morgan fingerprint density at radius 3 is 1.37 bits per heavy atom. The molecule has 15 heteroatoms. The average molecular weight is 776 g/mol. The third-order valence-corrected chi connectivity index (χ3v) is 14.4. The number of anilines is 1. The van der Waals surface area contributed by atoms with Crippen LogP contribution in [0.2, 0.25) is 0 Å². The van der Waals surface area contributed by atoms with E-state index < -0.39 is 82.1 Å². The summed E-state index contributed by atoms with van der Waals surface area (Å²) in [5, 5.41) is 24.9. The molecule has 0 saturated carbocycles. The van der Waals surface area contributed by atoms with Crippen LogP contribution in [0.4, 0.5) is 15.3 Å². The van der Waals surface area contributed by atoms with Crippen LogP contribution in [-0.2, 0) is 43.1 Å². The Labute approximate surface area is 328 Å². The van der Waals surface area contributed by atoms with Crippen molar-refractivity contribution in [2.24, 2.45) is 22.3 Å². The van der Waals surface area contributed by atoms with Gasteiger partial charge in [0.15, 0.2) is 0 Å². The Morgan fingerprint density at radius 2 is 1.00 bits per heavy atom. The largest absolute Gasteiger partial charge is 0.465 e. The SMILES string of the molecule is NC(=O)C12CC[C@@H](NC(=O)O)C(=O)N3[C@H](N(c4ccccc4)[C@@H]4CC[C@]56c7ccc(cc7)CC5(C(N)=O)CC[C@@H](NC(=O)O)C(=O)N46)CC[C@@]31c1ccc(cc1)C2. The fourth-order valence-corrected chi connectivity index (χ4v) is 12.2. The maximum absolute atomic E-state index is 15.3. The molecule has 57 heavy (non-hydrogen) atoms. The molecule has 4 aliphatic carbocycles. The molecule has 0 radical (unpaired) electrons. The number of carboxylic acid groups (broad SMARTS) is 2. The van der Waals surface area contributed by atoms with E-state index in [1.807, 2.05) is 83.8 Å². The molecule has 4 aliphatic heterocycles. The van der Waals surface area contributed by atoms with E-state index in [2.05, 4.69) is 10.6 Å². The number of nitrogens with one attached hydrogen (secondary N) is 2. The minimum absolute atomic E-state index is 0.0293. The van der Waals surface area contributed by atoms with Gasteiger partial charge in [-0.1, -0.05) is 66.7 Å². The van der Waals surface area contributed by atoms with E-state index in [0.29, 0.717) is 42.5 Å². The summed E-state index contributed by atoms with van der Waals surface area (Å²) in [5.74, 6) is -2.23. The summed E-state index contributed by atoms with van der Waals surface area (Å²) >= 11 is 0. The number of carbonyl (C=O) groups is 6. The molecule has 4 saturated heterocycles. The second kappa shape index (κ2) is 12.7. The first-order valence-electron chi connectivity index (χ1n) is 19.6. The Morgan fingerprint density at radius 1 is 0.596 bits per heavy atom. The second-order valence-electron chi connectivity index (χ2n) is 16.6. The molecule has 2 unspecified atom stereocenters. The third-order valence-electron chi connectivity index (χ3n) is 14.4. The molecule has 4 fully saturated rings. The van der Waals surface area contributed by atoms with E-state index in [1.165, 1.54) is 0 Å². The molecule has 8 aliphatic rings. The van der Waals surface area contributed by atoms with Crippen LogP contribution in [0.3, 0.4) is 0 Å². The van der Waals surface area contributed by atoms with Crippen LogP contribution in [0.15, 0.2) is 78.9 Å². The fourth-order valence-electron chi connectivity index (χ4n) is 12.2. The number of para-hydroxylation sites is 1. The van der Waals surface area contributed by atoms with E-state index in [1.54, 1.807) is 9.80 Å². The fraction of sp³-hybridized carbons (Fsp3) is 0.429. The van der Waals surface area contributed by atoms with Crippen molar-refractivity contribution in [3.8, 4) is 0 Å². The minimum atomic E-state index is -1.39. The number of nitrogens with two attached hydrogens (primary N) is 2. The van der Waals surface area contributed by atoms with Gasteiger partial charge in [0.2, 0.25) is 23.6 Å². The number of fused-ring (bicyclic) bond motifs is 4. The van der Waals surface area contributed by atoms with Crippen LogP contribution in [0.1, 0.15) is 73.6 Å². The van der Waals surface area contributed by atoms with Crippen molar-refractivity contribution in [2.45, 2.75) is 99.7 Å². The van der Waals surface area contributed by atoms with Crippen molar-refractivity contribution in [3.05, 3.63) is 101 Å². The number of nitrogens with zero attached hydrogens (tertiary/aromatic N) is 3. The number of rotatable bonds is 7. The van der Waals surface area contributed by atoms with Crippen molar-refractivity contribution in [1.82, 2.24) is 20.4 Å². The summed E-state index contributed by atoms with van der Waals surface area (Å²) in [6.45, 7) is 0.